The molecule has 0 saturated carbocycles. The number of carbonyl (C=O) groups excluding carboxylic acids is 1. The largest absolute Gasteiger partial charge is 0.478 e. The van der Waals surface area contributed by atoms with Gasteiger partial charge in [-0.2, -0.15) is 0 Å². The maximum Gasteiger partial charge on any atom is 0.336 e. The molecule has 96 valence electrons. The molecule has 0 aliphatic carbocycles. The van der Waals surface area contributed by atoms with E-state index in [9.17, 15) is 9.59 Å². The molecule has 1 amide bonds. The van der Waals surface area contributed by atoms with E-state index >= 15 is 0 Å². The van der Waals surface area contributed by atoms with Crippen molar-refractivity contribution < 1.29 is 14.7 Å². The number of halogens is 1. The van der Waals surface area contributed by atoms with Gasteiger partial charge in [-0.25, -0.2) is 4.79 Å². The number of benzene rings is 2. The van der Waals surface area contributed by atoms with Crippen LogP contribution in [0.15, 0.2) is 48.5 Å². The Labute approximate surface area is 123 Å². The zero-order valence-corrected chi connectivity index (χ0v) is 11.9. The van der Waals surface area contributed by atoms with Crippen molar-refractivity contribution in [2.24, 2.45) is 0 Å². The average Bonchev–Trinajstić information content (AvgIpc) is 2.41. The maximum atomic E-state index is 12.1. The molecule has 0 aliphatic heterocycles. The van der Waals surface area contributed by atoms with Crippen LogP contribution < -0.4 is 5.32 Å². The lowest BCUT2D eigenvalue weighted by atomic mass is 10.1. The molecule has 4 nitrogen and oxygen atoms in total. The van der Waals surface area contributed by atoms with Crippen molar-refractivity contribution >= 4 is 40.2 Å². The van der Waals surface area contributed by atoms with Crippen molar-refractivity contribution in [1.29, 1.82) is 0 Å². The van der Waals surface area contributed by atoms with Gasteiger partial charge in [0.15, 0.2) is 0 Å². The summed E-state index contributed by atoms with van der Waals surface area (Å²) in [4.78, 5) is 23.2. The Kier molecular flexibility index (Phi) is 4.16. The van der Waals surface area contributed by atoms with Crippen LogP contribution in [-0.2, 0) is 0 Å². The predicted molar refractivity (Wildman–Crippen MR) is 80.5 cm³/mol. The van der Waals surface area contributed by atoms with Gasteiger partial charge in [0.1, 0.15) is 0 Å². The lowest BCUT2D eigenvalue weighted by Crippen LogP contribution is -2.16. The van der Waals surface area contributed by atoms with Crippen molar-refractivity contribution in [3.8, 4) is 0 Å². The van der Waals surface area contributed by atoms with Gasteiger partial charge in [-0.3, -0.25) is 4.79 Å². The van der Waals surface area contributed by atoms with Crippen molar-refractivity contribution in [1.82, 2.24) is 0 Å². The number of rotatable bonds is 3. The van der Waals surface area contributed by atoms with E-state index in [1.807, 2.05) is 12.1 Å². The number of carbonyl (C=O) groups is 2. The first kappa shape index (κ1) is 13.5. The first-order valence-electron chi connectivity index (χ1n) is 5.48. The van der Waals surface area contributed by atoms with Crippen LogP contribution in [0.25, 0.3) is 0 Å². The summed E-state index contributed by atoms with van der Waals surface area (Å²) >= 11 is 2.10. The summed E-state index contributed by atoms with van der Waals surface area (Å²) in [7, 11) is 0. The van der Waals surface area contributed by atoms with Crippen LogP contribution in [0, 0.1) is 3.57 Å². The van der Waals surface area contributed by atoms with Crippen LogP contribution in [0.1, 0.15) is 20.7 Å². The molecular formula is C14H10INO3. The number of hydrogen-bond donors (Lipinski definition) is 2. The van der Waals surface area contributed by atoms with Gasteiger partial charge in [0.2, 0.25) is 0 Å². The Morgan fingerprint density at radius 3 is 2.16 bits per heavy atom. The summed E-state index contributed by atoms with van der Waals surface area (Å²) in [6.45, 7) is 0. The van der Waals surface area contributed by atoms with Crippen LogP contribution in [0.4, 0.5) is 5.69 Å². The molecule has 0 atom stereocenters. The minimum absolute atomic E-state index is 0.00839. The van der Waals surface area contributed by atoms with E-state index in [-0.39, 0.29) is 11.1 Å². The molecule has 2 aromatic carbocycles. The van der Waals surface area contributed by atoms with E-state index < -0.39 is 11.9 Å². The van der Waals surface area contributed by atoms with Gasteiger partial charge < -0.3 is 10.4 Å². The van der Waals surface area contributed by atoms with Crippen molar-refractivity contribution in [2.75, 3.05) is 5.32 Å². The molecule has 2 N–H and O–H groups in total. The monoisotopic (exact) mass is 367 g/mol. The lowest BCUT2D eigenvalue weighted by Gasteiger charge is -2.09. The van der Waals surface area contributed by atoms with Crippen molar-refractivity contribution in [3.63, 3.8) is 0 Å². The highest BCUT2D eigenvalue weighted by Gasteiger charge is 2.16. The fourth-order valence-corrected chi connectivity index (χ4v) is 2.14. The quantitative estimate of drug-likeness (QED) is 0.819. The third-order valence-corrected chi connectivity index (χ3v) is 3.46. The Morgan fingerprint density at radius 2 is 1.53 bits per heavy atom. The molecule has 0 heterocycles. The highest BCUT2D eigenvalue weighted by atomic mass is 127. The van der Waals surface area contributed by atoms with Gasteiger partial charge in [0.05, 0.1) is 16.8 Å². The summed E-state index contributed by atoms with van der Waals surface area (Å²) in [5.74, 6) is -1.55. The molecule has 0 radical (unpaired) electrons. The Morgan fingerprint density at radius 1 is 0.947 bits per heavy atom. The van der Waals surface area contributed by atoms with Crippen LogP contribution in [0.3, 0.4) is 0 Å². The van der Waals surface area contributed by atoms with Gasteiger partial charge in [-0.05, 0) is 46.9 Å². The van der Waals surface area contributed by atoms with E-state index in [2.05, 4.69) is 27.9 Å². The number of carboxylic acid groups (broad SMARTS) is 1. The molecular weight excluding hydrogens is 357 g/mol. The SMILES string of the molecule is O=C(O)c1ccccc1C(=O)Nc1ccccc1I. The molecule has 19 heavy (non-hydrogen) atoms. The molecule has 0 unspecified atom stereocenters. The highest BCUT2D eigenvalue weighted by Crippen LogP contribution is 2.19. The number of carboxylic acids is 1. The third kappa shape index (κ3) is 3.11. The Bertz CT molecular complexity index is 640. The molecule has 0 aromatic heterocycles. The minimum atomic E-state index is -1.12. The molecule has 5 heteroatoms. The molecule has 0 fully saturated rings. The molecule has 2 rings (SSSR count). The molecule has 0 spiro atoms. The Hall–Kier alpha value is -1.89. The van der Waals surface area contributed by atoms with Crippen LogP contribution in [-0.4, -0.2) is 17.0 Å². The van der Waals surface area contributed by atoms with Crippen LogP contribution in [0.2, 0.25) is 0 Å². The molecule has 2 aromatic rings. The first-order chi connectivity index (χ1) is 9.09. The first-order valence-corrected chi connectivity index (χ1v) is 6.55. The second-order valence-corrected chi connectivity index (χ2v) is 4.95. The number of amides is 1. The van der Waals surface area contributed by atoms with Crippen LogP contribution in [0.5, 0.6) is 0 Å². The fourth-order valence-electron chi connectivity index (χ4n) is 1.62. The third-order valence-electron chi connectivity index (χ3n) is 2.52. The van der Waals surface area contributed by atoms with Gasteiger partial charge >= 0.3 is 5.97 Å². The summed E-state index contributed by atoms with van der Waals surface area (Å²) in [6.07, 6.45) is 0. The van der Waals surface area contributed by atoms with E-state index in [0.29, 0.717) is 5.69 Å². The smallest absolute Gasteiger partial charge is 0.336 e. The summed E-state index contributed by atoms with van der Waals surface area (Å²) < 4.78 is 0.890. The van der Waals surface area contributed by atoms with E-state index in [1.165, 1.54) is 12.1 Å². The Balaban J connectivity index is 2.31. The van der Waals surface area contributed by atoms with E-state index in [4.69, 9.17) is 5.11 Å². The topological polar surface area (TPSA) is 66.4 Å². The predicted octanol–water partition coefficient (Wildman–Crippen LogP) is 3.24. The van der Waals surface area contributed by atoms with E-state index in [0.717, 1.165) is 3.57 Å². The number of aromatic carboxylic acids is 1. The second-order valence-electron chi connectivity index (χ2n) is 3.78. The fraction of sp³-hybridized carbons (Fsp3) is 0. The van der Waals surface area contributed by atoms with Gasteiger partial charge in [-0.15, -0.1) is 0 Å². The van der Waals surface area contributed by atoms with E-state index in [1.54, 1.807) is 24.3 Å². The van der Waals surface area contributed by atoms with Crippen molar-refractivity contribution in [3.05, 3.63) is 63.2 Å². The average molecular weight is 367 g/mol. The number of para-hydroxylation sites is 1. The maximum absolute atomic E-state index is 12.1. The van der Waals surface area contributed by atoms with Crippen LogP contribution >= 0.6 is 22.6 Å². The standard InChI is InChI=1S/C14H10INO3/c15-11-7-3-4-8-12(11)16-13(17)9-5-1-2-6-10(9)14(18)19/h1-8H,(H,16,17)(H,18,19). The zero-order valence-electron chi connectivity index (χ0n) is 9.76. The number of hydrogen-bond acceptors (Lipinski definition) is 2. The normalized spacial score (nSPS) is 9.95. The zero-order chi connectivity index (χ0) is 13.8. The van der Waals surface area contributed by atoms with Gasteiger partial charge in [0, 0.05) is 3.57 Å². The lowest BCUT2D eigenvalue weighted by molar-refractivity contribution is 0.0692. The minimum Gasteiger partial charge on any atom is -0.478 e. The second kappa shape index (κ2) is 5.83. The molecule has 0 bridgehead atoms. The highest BCUT2D eigenvalue weighted by molar-refractivity contribution is 14.1. The summed E-state index contributed by atoms with van der Waals surface area (Å²) in [6, 6.07) is 13.4. The molecule has 0 aliphatic rings. The number of nitrogens with one attached hydrogen (secondary N) is 1. The number of anilines is 1. The molecule has 0 saturated heterocycles. The summed E-state index contributed by atoms with van der Waals surface area (Å²) in [5.41, 5.74) is 0.800. The van der Waals surface area contributed by atoms with Crippen molar-refractivity contribution in [2.45, 2.75) is 0 Å². The van der Waals surface area contributed by atoms with Gasteiger partial charge in [-0.1, -0.05) is 24.3 Å². The summed E-state index contributed by atoms with van der Waals surface area (Å²) in [5, 5.41) is 11.8. The van der Waals surface area contributed by atoms with Gasteiger partial charge in [0.25, 0.3) is 5.91 Å².